The summed E-state index contributed by atoms with van der Waals surface area (Å²) in [5.41, 5.74) is -1.09. The minimum Gasteiger partial charge on any atom is -0.465 e. The Morgan fingerprint density at radius 2 is 1.70 bits per heavy atom. The molecular formula is C13H26N2O4S. The van der Waals surface area contributed by atoms with Crippen LogP contribution in [-0.4, -0.2) is 43.9 Å². The van der Waals surface area contributed by atoms with Crippen molar-refractivity contribution in [2.24, 2.45) is 0 Å². The van der Waals surface area contributed by atoms with Gasteiger partial charge in [-0.05, 0) is 19.8 Å². The molecule has 0 saturated heterocycles. The van der Waals surface area contributed by atoms with Gasteiger partial charge in [0.25, 0.3) is 10.2 Å². The molecule has 7 heteroatoms. The molecule has 6 nitrogen and oxygen atoms in total. The van der Waals surface area contributed by atoms with Crippen LogP contribution in [0.25, 0.3) is 0 Å². The first-order chi connectivity index (χ1) is 9.41. The molecule has 0 aliphatic heterocycles. The summed E-state index contributed by atoms with van der Waals surface area (Å²) in [6.07, 6.45) is 3.70. The van der Waals surface area contributed by atoms with Gasteiger partial charge in [0, 0.05) is 13.1 Å². The van der Waals surface area contributed by atoms with Crippen LogP contribution in [0, 0.1) is 0 Å². The predicted molar refractivity (Wildman–Crippen MR) is 77.4 cm³/mol. The number of carbonyl (C=O) groups is 1. The van der Waals surface area contributed by atoms with Crippen molar-refractivity contribution in [3.8, 4) is 0 Å². The Balaban J connectivity index is 2.98. The van der Waals surface area contributed by atoms with Crippen molar-refractivity contribution in [2.75, 3.05) is 19.7 Å². The highest BCUT2D eigenvalue weighted by Gasteiger charge is 2.45. The van der Waals surface area contributed by atoms with Crippen LogP contribution in [0.3, 0.4) is 0 Å². The lowest BCUT2D eigenvalue weighted by atomic mass is 9.83. The van der Waals surface area contributed by atoms with E-state index in [1.807, 2.05) is 0 Å². The van der Waals surface area contributed by atoms with Crippen LogP contribution in [0.2, 0.25) is 0 Å². The maximum atomic E-state index is 12.4. The molecule has 1 saturated carbocycles. The second-order valence-corrected chi connectivity index (χ2v) is 6.73. The van der Waals surface area contributed by atoms with E-state index in [4.69, 9.17) is 4.74 Å². The van der Waals surface area contributed by atoms with E-state index in [1.54, 1.807) is 20.8 Å². The molecule has 0 unspecified atom stereocenters. The van der Waals surface area contributed by atoms with Gasteiger partial charge in [-0.25, -0.2) is 0 Å². The van der Waals surface area contributed by atoms with E-state index < -0.39 is 21.7 Å². The van der Waals surface area contributed by atoms with Gasteiger partial charge in [-0.3, -0.25) is 4.79 Å². The van der Waals surface area contributed by atoms with E-state index in [9.17, 15) is 13.2 Å². The fourth-order valence-corrected chi connectivity index (χ4v) is 4.24. The third kappa shape index (κ3) is 3.93. The molecule has 0 amide bonds. The van der Waals surface area contributed by atoms with Gasteiger partial charge in [-0.15, -0.1) is 0 Å². The summed E-state index contributed by atoms with van der Waals surface area (Å²) in [5, 5.41) is 0. The molecule has 0 aromatic carbocycles. The Kier molecular flexibility index (Phi) is 6.42. The normalized spacial score (nSPS) is 19.0. The number of nitrogens with zero attached hydrogens (tertiary/aromatic N) is 1. The number of nitrogens with one attached hydrogen (secondary N) is 1. The zero-order valence-electron chi connectivity index (χ0n) is 12.6. The third-order valence-electron chi connectivity index (χ3n) is 3.74. The Bertz CT molecular complexity index is 412. The molecule has 0 bridgehead atoms. The van der Waals surface area contributed by atoms with E-state index in [0.29, 0.717) is 25.9 Å². The molecule has 20 heavy (non-hydrogen) atoms. The smallest absolute Gasteiger partial charge is 0.327 e. The number of hydrogen-bond acceptors (Lipinski definition) is 4. The summed E-state index contributed by atoms with van der Waals surface area (Å²) < 4.78 is 33.8. The van der Waals surface area contributed by atoms with E-state index in [2.05, 4.69) is 4.72 Å². The predicted octanol–water partition coefficient (Wildman–Crippen LogP) is 1.43. The Hall–Kier alpha value is -0.660. The van der Waals surface area contributed by atoms with E-state index in [-0.39, 0.29) is 6.61 Å². The molecule has 0 heterocycles. The maximum Gasteiger partial charge on any atom is 0.327 e. The number of rotatable bonds is 7. The first kappa shape index (κ1) is 17.4. The molecule has 0 spiro atoms. The standard InChI is InChI=1S/C13H26N2O4S/c1-4-15(5-2)20(17,18)14-13(12(16)19-6-3)10-8-7-9-11-13/h14H,4-11H2,1-3H3. The molecular weight excluding hydrogens is 280 g/mol. The van der Waals surface area contributed by atoms with Crippen molar-refractivity contribution in [2.45, 2.75) is 58.4 Å². The SMILES string of the molecule is CCOC(=O)C1(NS(=O)(=O)N(CC)CC)CCCCC1. The third-order valence-corrected chi connectivity index (χ3v) is 5.59. The topological polar surface area (TPSA) is 75.7 Å². The highest BCUT2D eigenvalue weighted by molar-refractivity contribution is 7.87. The summed E-state index contributed by atoms with van der Waals surface area (Å²) in [4.78, 5) is 12.2. The van der Waals surface area contributed by atoms with E-state index in [1.165, 1.54) is 4.31 Å². The zero-order chi connectivity index (χ0) is 15.2. The number of hydrogen-bond donors (Lipinski definition) is 1. The molecule has 0 aromatic heterocycles. The Morgan fingerprint density at radius 3 is 2.15 bits per heavy atom. The van der Waals surface area contributed by atoms with Crippen LogP contribution < -0.4 is 4.72 Å². The van der Waals surface area contributed by atoms with Crippen molar-refractivity contribution in [3.05, 3.63) is 0 Å². The number of esters is 1. The fraction of sp³-hybridized carbons (Fsp3) is 0.923. The van der Waals surface area contributed by atoms with Gasteiger partial charge >= 0.3 is 5.97 Å². The van der Waals surface area contributed by atoms with E-state index in [0.717, 1.165) is 19.3 Å². The van der Waals surface area contributed by atoms with Gasteiger partial charge in [0.05, 0.1) is 6.61 Å². The van der Waals surface area contributed by atoms with Crippen LogP contribution >= 0.6 is 0 Å². The lowest BCUT2D eigenvalue weighted by Crippen LogP contribution is -2.59. The first-order valence-electron chi connectivity index (χ1n) is 7.38. The fourth-order valence-electron chi connectivity index (χ4n) is 2.65. The minimum atomic E-state index is -3.66. The molecule has 0 atom stereocenters. The van der Waals surface area contributed by atoms with Crippen LogP contribution in [0.4, 0.5) is 0 Å². The van der Waals surface area contributed by atoms with Gasteiger partial charge in [-0.2, -0.15) is 17.4 Å². The monoisotopic (exact) mass is 306 g/mol. The average Bonchev–Trinajstić information content (AvgIpc) is 2.40. The lowest BCUT2D eigenvalue weighted by molar-refractivity contribution is -0.151. The van der Waals surface area contributed by atoms with Gasteiger partial charge in [-0.1, -0.05) is 33.1 Å². The molecule has 0 aromatic rings. The number of carbonyl (C=O) groups excluding carboxylic acids is 1. The molecule has 1 fully saturated rings. The molecule has 1 rings (SSSR count). The van der Waals surface area contributed by atoms with Gasteiger partial charge in [0.2, 0.25) is 0 Å². The van der Waals surface area contributed by atoms with Gasteiger partial charge < -0.3 is 4.74 Å². The molecule has 0 radical (unpaired) electrons. The number of ether oxygens (including phenoxy) is 1. The average molecular weight is 306 g/mol. The minimum absolute atomic E-state index is 0.258. The van der Waals surface area contributed by atoms with Crippen LogP contribution in [-0.2, 0) is 19.7 Å². The van der Waals surface area contributed by atoms with Crippen LogP contribution in [0.5, 0.6) is 0 Å². The first-order valence-corrected chi connectivity index (χ1v) is 8.82. The lowest BCUT2D eigenvalue weighted by Gasteiger charge is -2.36. The van der Waals surface area contributed by atoms with Gasteiger partial charge in [0.1, 0.15) is 5.54 Å². The Morgan fingerprint density at radius 1 is 1.15 bits per heavy atom. The van der Waals surface area contributed by atoms with Gasteiger partial charge in [0.15, 0.2) is 0 Å². The van der Waals surface area contributed by atoms with Crippen LogP contribution in [0.15, 0.2) is 0 Å². The van der Waals surface area contributed by atoms with Crippen molar-refractivity contribution in [3.63, 3.8) is 0 Å². The Labute approximate surface area is 122 Å². The molecule has 1 N–H and O–H groups in total. The summed E-state index contributed by atoms with van der Waals surface area (Å²) >= 11 is 0. The van der Waals surface area contributed by atoms with Crippen molar-refractivity contribution in [1.82, 2.24) is 9.03 Å². The molecule has 1 aliphatic rings. The van der Waals surface area contributed by atoms with E-state index >= 15 is 0 Å². The summed E-state index contributed by atoms with van der Waals surface area (Å²) in [7, 11) is -3.66. The highest BCUT2D eigenvalue weighted by Crippen LogP contribution is 2.30. The highest BCUT2D eigenvalue weighted by atomic mass is 32.2. The summed E-state index contributed by atoms with van der Waals surface area (Å²) in [6.45, 7) is 6.30. The van der Waals surface area contributed by atoms with Crippen LogP contribution in [0.1, 0.15) is 52.9 Å². The van der Waals surface area contributed by atoms with Crippen molar-refractivity contribution in [1.29, 1.82) is 0 Å². The van der Waals surface area contributed by atoms with Crippen molar-refractivity contribution < 1.29 is 17.9 Å². The van der Waals surface area contributed by atoms with Crippen molar-refractivity contribution >= 4 is 16.2 Å². The largest absolute Gasteiger partial charge is 0.465 e. The summed E-state index contributed by atoms with van der Waals surface area (Å²) in [5.74, 6) is -0.449. The summed E-state index contributed by atoms with van der Waals surface area (Å²) in [6, 6.07) is 0. The second kappa shape index (κ2) is 7.38. The zero-order valence-corrected chi connectivity index (χ0v) is 13.5. The second-order valence-electron chi connectivity index (χ2n) is 5.05. The maximum absolute atomic E-state index is 12.4. The molecule has 1 aliphatic carbocycles. The molecule has 118 valence electrons. The quantitative estimate of drug-likeness (QED) is 0.722.